The molecule has 0 bridgehead atoms. The number of hydrogen-bond donors (Lipinski definition) is 2. The van der Waals surface area contributed by atoms with Crippen LogP contribution < -0.4 is 11.1 Å². The van der Waals surface area contributed by atoms with Crippen molar-refractivity contribution in [3.63, 3.8) is 0 Å². The standard InChI is InChI=1S/C12H12BrN3/c1-8-3-2-4-11(12(8)13)16-10-5-6-15-7-9(10)14/h2-7H,14H2,1H3,(H,15,16). The first kappa shape index (κ1) is 11.0. The summed E-state index contributed by atoms with van der Waals surface area (Å²) in [6.45, 7) is 2.05. The SMILES string of the molecule is Cc1cccc(Nc2ccncc2N)c1Br. The topological polar surface area (TPSA) is 50.9 Å². The van der Waals surface area contributed by atoms with Crippen molar-refractivity contribution in [3.05, 3.63) is 46.7 Å². The molecule has 0 spiro atoms. The zero-order valence-electron chi connectivity index (χ0n) is 8.87. The summed E-state index contributed by atoms with van der Waals surface area (Å²) in [6.07, 6.45) is 3.34. The summed E-state index contributed by atoms with van der Waals surface area (Å²) in [7, 11) is 0. The van der Waals surface area contributed by atoms with Crippen molar-refractivity contribution >= 4 is 33.0 Å². The molecule has 0 saturated heterocycles. The molecular formula is C12H12BrN3. The van der Waals surface area contributed by atoms with E-state index in [0.717, 1.165) is 15.8 Å². The molecule has 3 nitrogen and oxygen atoms in total. The minimum atomic E-state index is 0.635. The third-order valence-corrected chi connectivity index (χ3v) is 3.37. The van der Waals surface area contributed by atoms with Gasteiger partial charge in [-0.3, -0.25) is 4.98 Å². The van der Waals surface area contributed by atoms with Gasteiger partial charge in [-0.2, -0.15) is 0 Å². The van der Waals surface area contributed by atoms with Crippen molar-refractivity contribution < 1.29 is 0 Å². The maximum atomic E-state index is 5.82. The van der Waals surface area contributed by atoms with Crippen LogP contribution in [0.2, 0.25) is 0 Å². The number of nitrogens with two attached hydrogens (primary N) is 1. The Morgan fingerprint density at radius 2 is 2.06 bits per heavy atom. The Morgan fingerprint density at radius 3 is 2.81 bits per heavy atom. The second-order valence-corrected chi connectivity index (χ2v) is 4.32. The Morgan fingerprint density at radius 1 is 1.25 bits per heavy atom. The minimum Gasteiger partial charge on any atom is -0.396 e. The number of rotatable bonds is 2. The lowest BCUT2D eigenvalue weighted by Crippen LogP contribution is -1.97. The molecule has 2 aromatic rings. The number of halogens is 1. The molecule has 0 unspecified atom stereocenters. The first-order valence-corrected chi connectivity index (χ1v) is 5.69. The van der Waals surface area contributed by atoms with Crippen LogP contribution in [-0.2, 0) is 0 Å². The Labute approximate surface area is 103 Å². The van der Waals surface area contributed by atoms with Crippen molar-refractivity contribution in [2.24, 2.45) is 0 Å². The Bertz CT molecular complexity index is 511. The first-order valence-electron chi connectivity index (χ1n) is 4.90. The van der Waals surface area contributed by atoms with Crippen LogP contribution in [-0.4, -0.2) is 4.98 Å². The molecule has 1 aromatic heterocycles. The van der Waals surface area contributed by atoms with Crippen molar-refractivity contribution in [3.8, 4) is 0 Å². The van der Waals surface area contributed by atoms with Gasteiger partial charge in [-0.15, -0.1) is 0 Å². The van der Waals surface area contributed by atoms with Crippen molar-refractivity contribution in [1.29, 1.82) is 0 Å². The van der Waals surface area contributed by atoms with Gasteiger partial charge in [0.1, 0.15) is 0 Å². The number of hydrogen-bond acceptors (Lipinski definition) is 3. The summed E-state index contributed by atoms with van der Waals surface area (Å²) in [5.74, 6) is 0. The van der Waals surface area contributed by atoms with E-state index in [9.17, 15) is 0 Å². The third-order valence-electron chi connectivity index (χ3n) is 2.31. The van der Waals surface area contributed by atoms with Crippen LogP contribution in [0.15, 0.2) is 41.1 Å². The second-order valence-electron chi connectivity index (χ2n) is 3.52. The van der Waals surface area contributed by atoms with E-state index in [1.807, 2.05) is 31.2 Å². The Hall–Kier alpha value is -1.55. The van der Waals surface area contributed by atoms with Gasteiger partial charge >= 0.3 is 0 Å². The number of pyridine rings is 1. The van der Waals surface area contributed by atoms with Gasteiger partial charge in [-0.1, -0.05) is 12.1 Å². The van der Waals surface area contributed by atoms with Crippen molar-refractivity contribution in [2.45, 2.75) is 6.92 Å². The van der Waals surface area contributed by atoms with E-state index in [2.05, 4.69) is 26.2 Å². The van der Waals surface area contributed by atoms with Crippen LogP contribution in [0.4, 0.5) is 17.1 Å². The van der Waals surface area contributed by atoms with Crippen LogP contribution in [0.5, 0.6) is 0 Å². The highest BCUT2D eigenvalue weighted by Gasteiger charge is 2.04. The molecule has 0 atom stereocenters. The Kier molecular flexibility index (Phi) is 3.10. The zero-order chi connectivity index (χ0) is 11.5. The molecule has 0 aliphatic heterocycles. The summed E-state index contributed by atoms with van der Waals surface area (Å²) in [5.41, 5.74) is 9.49. The van der Waals surface area contributed by atoms with E-state index in [1.54, 1.807) is 12.4 Å². The number of anilines is 3. The van der Waals surface area contributed by atoms with Gasteiger partial charge in [0.2, 0.25) is 0 Å². The molecular weight excluding hydrogens is 266 g/mol. The van der Waals surface area contributed by atoms with Crippen LogP contribution in [0.25, 0.3) is 0 Å². The molecule has 2 rings (SSSR count). The van der Waals surface area contributed by atoms with E-state index in [4.69, 9.17) is 5.73 Å². The predicted octanol–water partition coefficient (Wildman–Crippen LogP) is 3.48. The van der Waals surface area contributed by atoms with E-state index in [-0.39, 0.29) is 0 Å². The molecule has 0 saturated carbocycles. The number of benzene rings is 1. The number of nitrogens with zero attached hydrogens (tertiary/aromatic N) is 1. The highest BCUT2D eigenvalue weighted by Crippen LogP contribution is 2.30. The van der Waals surface area contributed by atoms with Gasteiger partial charge < -0.3 is 11.1 Å². The molecule has 1 aromatic carbocycles. The highest BCUT2D eigenvalue weighted by molar-refractivity contribution is 9.10. The van der Waals surface area contributed by atoms with Gasteiger partial charge in [-0.25, -0.2) is 0 Å². The number of aromatic nitrogens is 1. The third kappa shape index (κ3) is 2.17. The van der Waals surface area contributed by atoms with Crippen molar-refractivity contribution in [1.82, 2.24) is 4.98 Å². The predicted molar refractivity (Wildman–Crippen MR) is 70.8 cm³/mol. The van der Waals surface area contributed by atoms with E-state index >= 15 is 0 Å². The lowest BCUT2D eigenvalue weighted by atomic mass is 10.2. The quantitative estimate of drug-likeness (QED) is 0.884. The average molecular weight is 278 g/mol. The maximum Gasteiger partial charge on any atom is 0.0739 e. The van der Waals surface area contributed by atoms with Gasteiger partial charge in [0.25, 0.3) is 0 Å². The normalized spacial score (nSPS) is 10.1. The monoisotopic (exact) mass is 277 g/mol. The highest BCUT2D eigenvalue weighted by atomic mass is 79.9. The zero-order valence-corrected chi connectivity index (χ0v) is 10.5. The smallest absolute Gasteiger partial charge is 0.0739 e. The molecule has 0 aliphatic rings. The summed E-state index contributed by atoms with van der Waals surface area (Å²) in [4.78, 5) is 3.95. The summed E-state index contributed by atoms with van der Waals surface area (Å²) < 4.78 is 1.05. The Balaban J connectivity index is 2.35. The van der Waals surface area contributed by atoms with E-state index in [1.165, 1.54) is 5.56 Å². The molecule has 4 heteroatoms. The molecule has 1 heterocycles. The number of nitrogens with one attached hydrogen (secondary N) is 1. The van der Waals surface area contributed by atoms with Gasteiger partial charge in [0, 0.05) is 10.7 Å². The molecule has 0 aliphatic carbocycles. The van der Waals surface area contributed by atoms with Gasteiger partial charge in [-0.05, 0) is 40.5 Å². The van der Waals surface area contributed by atoms with Crippen LogP contribution in [0, 0.1) is 6.92 Å². The summed E-state index contributed by atoms with van der Waals surface area (Å²) in [6, 6.07) is 7.89. The van der Waals surface area contributed by atoms with Gasteiger partial charge in [0.15, 0.2) is 0 Å². The molecule has 0 fully saturated rings. The fourth-order valence-electron chi connectivity index (χ4n) is 1.41. The summed E-state index contributed by atoms with van der Waals surface area (Å²) in [5, 5.41) is 3.27. The molecule has 16 heavy (non-hydrogen) atoms. The number of nitrogen functional groups attached to an aromatic ring is 1. The largest absolute Gasteiger partial charge is 0.396 e. The maximum absolute atomic E-state index is 5.82. The molecule has 0 radical (unpaired) electrons. The fraction of sp³-hybridized carbons (Fsp3) is 0.0833. The summed E-state index contributed by atoms with van der Waals surface area (Å²) >= 11 is 3.54. The lowest BCUT2D eigenvalue weighted by Gasteiger charge is -2.11. The lowest BCUT2D eigenvalue weighted by molar-refractivity contribution is 1.32. The molecule has 82 valence electrons. The minimum absolute atomic E-state index is 0.635. The van der Waals surface area contributed by atoms with Crippen LogP contribution in [0.1, 0.15) is 5.56 Å². The molecule has 3 N–H and O–H groups in total. The van der Waals surface area contributed by atoms with Crippen LogP contribution >= 0.6 is 15.9 Å². The van der Waals surface area contributed by atoms with E-state index in [0.29, 0.717) is 5.69 Å². The first-order chi connectivity index (χ1) is 7.68. The average Bonchev–Trinajstić information content (AvgIpc) is 2.28. The fourth-order valence-corrected chi connectivity index (χ4v) is 1.77. The van der Waals surface area contributed by atoms with E-state index < -0.39 is 0 Å². The van der Waals surface area contributed by atoms with Crippen LogP contribution in [0.3, 0.4) is 0 Å². The number of aryl methyl sites for hydroxylation is 1. The molecule has 0 amide bonds. The second kappa shape index (κ2) is 4.53. The van der Waals surface area contributed by atoms with Gasteiger partial charge in [0.05, 0.1) is 23.3 Å². The van der Waals surface area contributed by atoms with Crippen molar-refractivity contribution in [2.75, 3.05) is 11.1 Å².